The van der Waals surface area contributed by atoms with Crippen LogP contribution >= 0.6 is 15.9 Å². The van der Waals surface area contributed by atoms with Crippen molar-refractivity contribution in [2.75, 3.05) is 4.72 Å². The van der Waals surface area contributed by atoms with E-state index in [0.29, 0.717) is 11.2 Å². The van der Waals surface area contributed by atoms with Gasteiger partial charge in [-0.15, -0.1) is 0 Å². The molecule has 1 aromatic heterocycles. The molecule has 25 heavy (non-hydrogen) atoms. The van der Waals surface area contributed by atoms with Crippen molar-refractivity contribution >= 4 is 52.6 Å². The van der Waals surface area contributed by atoms with E-state index in [1.165, 1.54) is 12.1 Å². The van der Waals surface area contributed by atoms with E-state index in [9.17, 15) is 16.8 Å². The van der Waals surface area contributed by atoms with Crippen LogP contribution in [0.1, 0.15) is 5.56 Å². The second-order valence-electron chi connectivity index (χ2n) is 5.49. The molecule has 0 fully saturated rings. The van der Waals surface area contributed by atoms with Crippen LogP contribution in [0.2, 0.25) is 0 Å². The molecule has 0 atom stereocenters. The van der Waals surface area contributed by atoms with Gasteiger partial charge in [-0.05, 0) is 64.8 Å². The monoisotopic (exact) mass is 443 g/mol. The summed E-state index contributed by atoms with van der Waals surface area (Å²) in [6, 6.07) is 8.33. The number of anilines is 1. The highest BCUT2D eigenvalue weighted by Gasteiger charge is 2.18. The normalized spacial score (nSPS) is 12.4. The first-order valence-electron chi connectivity index (χ1n) is 7.01. The number of aromatic nitrogens is 1. The predicted octanol–water partition coefficient (Wildman–Crippen LogP) is 2.69. The van der Waals surface area contributed by atoms with Crippen molar-refractivity contribution in [2.24, 2.45) is 5.14 Å². The van der Waals surface area contributed by atoms with Crippen molar-refractivity contribution in [3.63, 3.8) is 0 Å². The fourth-order valence-electron chi connectivity index (χ4n) is 2.44. The largest absolute Gasteiger partial charge is 0.358 e. The topological polar surface area (TPSA) is 122 Å². The molecule has 0 amide bonds. The average Bonchev–Trinajstić information content (AvgIpc) is 2.88. The Hall–Kier alpha value is -1.88. The van der Waals surface area contributed by atoms with Gasteiger partial charge in [-0.3, -0.25) is 4.72 Å². The molecule has 0 aliphatic carbocycles. The quantitative estimate of drug-likeness (QED) is 0.573. The summed E-state index contributed by atoms with van der Waals surface area (Å²) in [4.78, 5) is 2.79. The Bertz CT molecular complexity index is 1170. The Morgan fingerprint density at radius 1 is 1.04 bits per heavy atom. The van der Waals surface area contributed by atoms with Gasteiger partial charge < -0.3 is 4.98 Å². The first-order valence-corrected chi connectivity index (χ1v) is 10.8. The highest BCUT2D eigenvalue weighted by molar-refractivity contribution is 9.10. The van der Waals surface area contributed by atoms with Crippen LogP contribution in [0.25, 0.3) is 10.9 Å². The van der Waals surface area contributed by atoms with Crippen LogP contribution in [0, 0.1) is 6.92 Å². The molecule has 1 heterocycles. The highest BCUT2D eigenvalue weighted by atomic mass is 79.9. The summed E-state index contributed by atoms with van der Waals surface area (Å²) in [6.45, 7) is 1.86. The number of aromatic amines is 1. The molecule has 0 saturated heterocycles. The molecule has 0 aliphatic rings. The van der Waals surface area contributed by atoms with Crippen molar-refractivity contribution in [1.82, 2.24) is 4.98 Å². The lowest BCUT2D eigenvalue weighted by atomic mass is 10.1. The lowest BCUT2D eigenvalue weighted by molar-refractivity contribution is 0.595. The maximum absolute atomic E-state index is 12.6. The van der Waals surface area contributed by atoms with Gasteiger partial charge in [-0.25, -0.2) is 22.0 Å². The number of rotatable bonds is 4. The molecule has 0 unspecified atom stereocenters. The van der Waals surface area contributed by atoms with Crippen molar-refractivity contribution in [3.05, 3.63) is 52.6 Å². The molecule has 2 aromatic carbocycles. The fourth-order valence-corrected chi connectivity index (χ4v) is 4.44. The summed E-state index contributed by atoms with van der Waals surface area (Å²) in [5, 5.41) is 5.87. The maximum atomic E-state index is 12.6. The van der Waals surface area contributed by atoms with Gasteiger partial charge in [0.25, 0.3) is 10.0 Å². The standard InChI is InChI=1S/C15H14BrN3O4S2/c1-9-6-12-13(16)8-18-15(12)14(7-9)19-25(22,23)11-4-2-10(3-5-11)24(17,20)21/h2-8,18-19H,1H3,(H2,17,20,21). The van der Waals surface area contributed by atoms with Crippen LogP contribution in [-0.2, 0) is 20.0 Å². The van der Waals surface area contributed by atoms with Gasteiger partial charge in [0.2, 0.25) is 10.0 Å². The van der Waals surface area contributed by atoms with Gasteiger partial charge in [0.05, 0.1) is 21.0 Å². The minimum Gasteiger partial charge on any atom is -0.358 e. The molecule has 0 radical (unpaired) electrons. The number of aryl methyl sites for hydroxylation is 1. The Morgan fingerprint density at radius 2 is 1.64 bits per heavy atom. The SMILES string of the molecule is Cc1cc(NS(=O)(=O)c2ccc(S(N)(=O)=O)cc2)c2[nH]cc(Br)c2c1. The van der Waals surface area contributed by atoms with E-state index in [2.05, 4.69) is 25.6 Å². The Kier molecular flexibility index (Phi) is 4.40. The van der Waals surface area contributed by atoms with Gasteiger partial charge in [-0.1, -0.05) is 0 Å². The minimum absolute atomic E-state index is 0.0693. The number of H-pyrrole nitrogens is 1. The van der Waals surface area contributed by atoms with E-state index >= 15 is 0 Å². The van der Waals surface area contributed by atoms with Crippen molar-refractivity contribution in [1.29, 1.82) is 0 Å². The van der Waals surface area contributed by atoms with Crippen LogP contribution in [0.4, 0.5) is 5.69 Å². The van der Waals surface area contributed by atoms with E-state index in [0.717, 1.165) is 27.6 Å². The number of nitrogens with two attached hydrogens (primary N) is 1. The molecule has 0 aliphatic heterocycles. The number of halogens is 1. The molecular weight excluding hydrogens is 430 g/mol. The summed E-state index contributed by atoms with van der Waals surface area (Å²) in [6.07, 6.45) is 1.73. The molecule has 132 valence electrons. The smallest absolute Gasteiger partial charge is 0.261 e. The summed E-state index contributed by atoms with van der Waals surface area (Å²) in [5.74, 6) is 0. The van der Waals surface area contributed by atoms with E-state index in [1.54, 1.807) is 12.3 Å². The summed E-state index contributed by atoms with van der Waals surface area (Å²) >= 11 is 3.41. The summed E-state index contributed by atoms with van der Waals surface area (Å²) < 4.78 is 51.1. The Morgan fingerprint density at radius 3 is 2.24 bits per heavy atom. The number of fused-ring (bicyclic) bond motifs is 1. The van der Waals surface area contributed by atoms with Crippen molar-refractivity contribution in [2.45, 2.75) is 16.7 Å². The molecule has 3 aromatic rings. The zero-order valence-electron chi connectivity index (χ0n) is 12.9. The van der Waals surface area contributed by atoms with Crippen LogP contribution in [0.3, 0.4) is 0 Å². The predicted molar refractivity (Wildman–Crippen MR) is 99.4 cm³/mol. The van der Waals surface area contributed by atoms with Crippen LogP contribution in [-0.4, -0.2) is 21.8 Å². The molecule has 0 saturated carbocycles. The van der Waals surface area contributed by atoms with E-state index in [4.69, 9.17) is 5.14 Å². The number of primary sulfonamides is 1. The Balaban J connectivity index is 2.02. The molecular formula is C15H14BrN3O4S2. The van der Waals surface area contributed by atoms with Crippen molar-refractivity contribution in [3.8, 4) is 0 Å². The number of nitrogens with one attached hydrogen (secondary N) is 2. The second kappa shape index (κ2) is 6.13. The summed E-state index contributed by atoms with van der Waals surface area (Å²) in [7, 11) is -7.78. The first-order chi connectivity index (χ1) is 11.6. The zero-order valence-corrected chi connectivity index (χ0v) is 16.2. The van der Waals surface area contributed by atoms with E-state index in [-0.39, 0.29) is 9.79 Å². The molecule has 0 spiro atoms. The van der Waals surface area contributed by atoms with Crippen LogP contribution < -0.4 is 9.86 Å². The lowest BCUT2D eigenvalue weighted by Crippen LogP contribution is -2.15. The molecule has 10 heteroatoms. The molecule has 7 nitrogen and oxygen atoms in total. The van der Waals surface area contributed by atoms with Crippen LogP contribution in [0.5, 0.6) is 0 Å². The van der Waals surface area contributed by atoms with Crippen LogP contribution in [0.15, 0.2) is 56.9 Å². The Labute approximate surface area is 153 Å². The fraction of sp³-hybridized carbons (Fsp3) is 0.0667. The minimum atomic E-state index is -3.90. The molecule has 4 N–H and O–H groups in total. The number of sulfonamides is 2. The van der Waals surface area contributed by atoms with E-state index < -0.39 is 20.0 Å². The number of hydrogen-bond acceptors (Lipinski definition) is 4. The van der Waals surface area contributed by atoms with Gasteiger partial charge >= 0.3 is 0 Å². The highest BCUT2D eigenvalue weighted by Crippen LogP contribution is 2.31. The molecule has 3 rings (SSSR count). The molecule has 0 bridgehead atoms. The lowest BCUT2D eigenvalue weighted by Gasteiger charge is -2.11. The first kappa shape index (κ1) is 17.9. The third-order valence-electron chi connectivity index (χ3n) is 3.59. The summed E-state index contributed by atoms with van der Waals surface area (Å²) in [5.41, 5.74) is 1.92. The van der Waals surface area contributed by atoms with Gasteiger partial charge in [0, 0.05) is 16.1 Å². The zero-order chi connectivity index (χ0) is 18.4. The van der Waals surface area contributed by atoms with Gasteiger partial charge in [0.15, 0.2) is 0 Å². The average molecular weight is 444 g/mol. The third kappa shape index (κ3) is 3.56. The van der Waals surface area contributed by atoms with Crippen molar-refractivity contribution < 1.29 is 16.8 Å². The van der Waals surface area contributed by atoms with Gasteiger partial charge in [-0.2, -0.15) is 0 Å². The maximum Gasteiger partial charge on any atom is 0.261 e. The van der Waals surface area contributed by atoms with E-state index in [1.807, 2.05) is 13.0 Å². The number of hydrogen-bond donors (Lipinski definition) is 3. The second-order valence-corrected chi connectivity index (χ2v) is 9.59. The number of benzene rings is 2. The third-order valence-corrected chi connectivity index (χ3v) is 6.56. The van der Waals surface area contributed by atoms with Gasteiger partial charge in [0.1, 0.15) is 0 Å².